The standard InChI is InChI=1S/C17H28N4O.C2HF3O2/c1-14(2)11-21-16(22)4-5-17(21)6-8-20(9-7-17)13-15-10-18-19(3)12-15;3-2(4,5)1(6)7/h10,12,14H,4-9,11,13H2,1-3H3;(H,6,7). The van der Waals surface area contributed by atoms with Gasteiger partial charge < -0.3 is 10.0 Å². The molecule has 2 aliphatic rings. The van der Waals surface area contributed by atoms with E-state index >= 15 is 0 Å². The first-order valence-corrected chi connectivity index (χ1v) is 9.73. The summed E-state index contributed by atoms with van der Waals surface area (Å²) in [5.74, 6) is -1.84. The van der Waals surface area contributed by atoms with Gasteiger partial charge in [0.2, 0.25) is 5.91 Å². The highest BCUT2D eigenvalue weighted by Gasteiger charge is 2.46. The van der Waals surface area contributed by atoms with Crippen LogP contribution in [-0.4, -0.2) is 67.9 Å². The first-order chi connectivity index (χ1) is 13.4. The number of rotatable bonds is 4. The van der Waals surface area contributed by atoms with E-state index in [0.717, 1.165) is 51.9 Å². The van der Waals surface area contributed by atoms with Crippen LogP contribution in [0.15, 0.2) is 12.4 Å². The molecular formula is C19H29F3N4O3. The van der Waals surface area contributed by atoms with Crippen molar-refractivity contribution in [3.63, 3.8) is 0 Å². The number of hydrogen-bond donors (Lipinski definition) is 1. The molecule has 7 nitrogen and oxygen atoms in total. The number of alkyl halides is 3. The van der Waals surface area contributed by atoms with Gasteiger partial charge >= 0.3 is 12.1 Å². The van der Waals surface area contributed by atoms with Crippen LogP contribution in [0, 0.1) is 5.92 Å². The maximum absolute atomic E-state index is 12.3. The van der Waals surface area contributed by atoms with Crippen molar-refractivity contribution < 1.29 is 27.9 Å². The molecule has 0 saturated carbocycles. The fraction of sp³-hybridized carbons (Fsp3) is 0.737. The molecule has 3 heterocycles. The fourth-order valence-electron chi connectivity index (χ4n) is 3.99. The first-order valence-electron chi connectivity index (χ1n) is 9.73. The van der Waals surface area contributed by atoms with Crippen molar-refractivity contribution in [2.24, 2.45) is 13.0 Å². The number of carboxylic acid groups (broad SMARTS) is 1. The Balaban J connectivity index is 0.000000370. The minimum atomic E-state index is -5.08. The third-order valence-corrected chi connectivity index (χ3v) is 5.42. The molecule has 1 aromatic rings. The highest BCUT2D eigenvalue weighted by molar-refractivity contribution is 5.79. The van der Waals surface area contributed by atoms with Crippen LogP contribution < -0.4 is 0 Å². The molecular weight excluding hydrogens is 389 g/mol. The van der Waals surface area contributed by atoms with Gasteiger partial charge in [0.05, 0.1) is 6.20 Å². The quantitative estimate of drug-likeness (QED) is 0.813. The predicted molar refractivity (Wildman–Crippen MR) is 99.9 cm³/mol. The number of carboxylic acids is 1. The number of carbonyl (C=O) groups is 2. The summed E-state index contributed by atoms with van der Waals surface area (Å²) < 4.78 is 33.6. The summed E-state index contributed by atoms with van der Waals surface area (Å²) in [6.45, 7) is 8.46. The second-order valence-electron chi connectivity index (χ2n) is 8.22. The largest absolute Gasteiger partial charge is 0.490 e. The van der Waals surface area contributed by atoms with Crippen LogP contribution in [0.25, 0.3) is 0 Å². The topological polar surface area (TPSA) is 78.7 Å². The minimum absolute atomic E-state index is 0.146. The van der Waals surface area contributed by atoms with Gasteiger partial charge in [0.15, 0.2) is 0 Å². The van der Waals surface area contributed by atoms with Crippen LogP contribution in [-0.2, 0) is 23.2 Å². The number of aromatic nitrogens is 2. The summed E-state index contributed by atoms with van der Waals surface area (Å²) >= 11 is 0. The normalized spacial score (nSPS) is 19.6. The van der Waals surface area contributed by atoms with Gasteiger partial charge in [0.25, 0.3) is 0 Å². The van der Waals surface area contributed by atoms with Crippen molar-refractivity contribution in [2.75, 3.05) is 19.6 Å². The molecule has 1 aromatic heterocycles. The molecule has 10 heteroatoms. The second kappa shape index (κ2) is 9.15. The molecule has 3 rings (SSSR count). The maximum atomic E-state index is 12.3. The highest BCUT2D eigenvalue weighted by Crippen LogP contribution is 2.39. The maximum Gasteiger partial charge on any atom is 0.490 e. The Bertz CT molecular complexity index is 710. The zero-order valence-corrected chi connectivity index (χ0v) is 17.1. The molecule has 164 valence electrons. The van der Waals surface area contributed by atoms with Crippen molar-refractivity contribution in [2.45, 2.75) is 57.8 Å². The Morgan fingerprint density at radius 1 is 1.28 bits per heavy atom. The molecule has 29 heavy (non-hydrogen) atoms. The van der Waals surface area contributed by atoms with E-state index in [0.29, 0.717) is 11.8 Å². The number of halogens is 3. The van der Waals surface area contributed by atoms with E-state index in [1.807, 2.05) is 17.9 Å². The SMILES string of the molecule is CC(C)CN1C(=O)CCC12CCN(Cc1cnn(C)c1)CC2.O=C(O)C(F)(F)F. The summed E-state index contributed by atoms with van der Waals surface area (Å²) in [7, 11) is 1.96. The Hall–Kier alpha value is -2.10. The molecule has 2 aliphatic heterocycles. The Morgan fingerprint density at radius 3 is 2.31 bits per heavy atom. The van der Waals surface area contributed by atoms with Crippen molar-refractivity contribution in [3.8, 4) is 0 Å². The van der Waals surface area contributed by atoms with Crippen molar-refractivity contribution >= 4 is 11.9 Å². The average molecular weight is 418 g/mol. The van der Waals surface area contributed by atoms with Crippen molar-refractivity contribution in [1.82, 2.24) is 19.6 Å². The van der Waals surface area contributed by atoms with Crippen LogP contribution in [0.1, 0.15) is 45.1 Å². The van der Waals surface area contributed by atoms with Crippen LogP contribution in [0.5, 0.6) is 0 Å². The Kier molecular flexibility index (Phi) is 7.31. The van der Waals surface area contributed by atoms with E-state index in [1.54, 1.807) is 0 Å². The Morgan fingerprint density at radius 2 is 1.86 bits per heavy atom. The average Bonchev–Trinajstić information content (AvgIpc) is 3.15. The smallest absolute Gasteiger partial charge is 0.475 e. The van der Waals surface area contributed by atoms with Gasteiger partial charge in [-0.3, -0.25) is 14.4 Å². The van der Waals surface area contributed by atoms with E-state index in [1.165, 1.54) is 5.56 Å². The number of nitrogens with zero attached hydrogens (tertiary/aromatic N) is 4. The first kappa shape index (κ1) is 23.2. The van der Waals surface area contributed by atoms with Crippen LogP contribution in [0.3, 0.4) is 0 Å². The molecule has 0 bridgehead atoms. The summed E-state index contributed by atoms with van der Waals surface area (Å²) in [5, 5.41) is 11.4. The van der Waals surface area contributed by atoms with E-state index in [-0.39, 0.29) is 5.54 Å². The number of amides is 1. The van der Waals surface area contributed by atoms with E-state index in [9.17, 15) is 18.0 Å². The Labute approximate surface area is 168 Å². The molecule has 0 radical (unpaired) electrons. The molecule has 0 aliphatic carbocycles. The molecule has 1 amide bonds. The molecule has 0 atom stereocenters. The lowest BCUT2D eigenvalue weighted by molar-refractivity contribution is -0.192. The summed E-state index contributed by atoms with van der Waals surface area (Å²) in [6, 6.07) is 0. The zero-order valence-electron chi connectivity index (χ0n) is 17.1. The minimum Gasteiger partial charge on any atom is -0.475 e. The number of likely N-dealkylation sites (tertiary alicyclic amines) is 2. The molecule has 2 fully saturated rings. The summed E-state index contributed by atoms with van der Waals surface area (Å²) in [5.41, 5.74) is 1.42. The third kappa shape index (κ3) is 6.19. The van der Waals surface area contributed by atoms with Gasteiger partial charge in [-0.15, -0.1) is 0 Å². The van der Waals surface area contributed by atoms with Crippen molar-refractivity contribution in [1.29, 1.82) is 0 Å². The lowest BCUT2D eigenvalue weighted by Gasteiger charge is -2.45. The number of carbonyl (C=O) groups excluding carboxylic acids is 1. The van der Waals surface area contributed by atoms with E-state index < -0.39 is 12.1 Å². The van der Waals surface area contributed by atoms with Gasteiger partial charge in [0.1, 0.15) is 0 Å². The van der Waals surface area contributed by atoms with E-state index in [4.69, 9.17) is 9.90 Å². The number of piperidine rings is 1. The molecule has 0 unspecified atom stereocenters. The number of aryl methyl sites for hydroxylation is 1. The van der Waals surface area contributed by atoms with E-state index in [2.05, 4.69) is 34.9 Å². The van der Waals surface area contributed by atoms with Crippen LogP contribution >= 0.6 is 0 Å². The van der Waals surface area contributed by atoms with Gasteiger partial charge in [-0.2, -0.15) is 18.3 Å². The summed E-state index contributed by atoms with van der Waals surface area (Å²) in [6.07, 6.45) is 3.00. The van der Waals surface area contributed by atoms with Crippen molar-refractivity contribution in [3.05, 3.63) is 18.0 Å². The third-order valence-electron chi connectivity index (χ3n) is 5.42. The summed E-state index contributed by atoms with van der Waals surface area (Å²) in [4.78, 5) is 25.9. The van der Waals surface area contributed by atoms with Gasteiger partial charge in [0, 0.05) is 56.9 Å². The molecule has 2 saturated heterocycles. The predicted octanol–water partition coefficient (Wildman–Crippen LogP) is 2.67. The van der Waals surface area contributed by atoms with Gasteiger partial charge in [-0.1, -0.05) is 13.8 Å². The number of aliphatic carboxylic acids is 1. The van der Waals surface area contributed by atoms with Crippen LogP contribution in [0.4, 0.5) is 13.2 Å². The highest BCUT2D eigenvalue weighted by atomic mass is 19.4. The monoisotopic (exact) mass is 418 g/mol. The van der Waals surface area contributed by atoms with Crippen LogP contribution in [0.2, 0.25) is 0 Å². The zero-order chi connectivity index (χ0) is 21.8. The van der Waals surface area contributed by atoms with Gasteiger partial charge in [-0.05, 0) is 25.2 Å². The lowest BCUT2D eigenvalue weighted by Crippen LogP contribution is -2.53. The molecule has 0 aromatic carbocycles. The number of hydrogen-bond acceptors (Lipinski definition) is 4. The fourth-order valence-corrected chi connectivity index (χ4v) is 3.99. The lowest BCUT2D eigenvalue weighted by atomic mass is 9.84. The molecule has 1 spiro atoms. The second-order valence-corrected chi connectivity index (χ2v) is 8.22. The van der Waals surface area contributed by atoms with Gasteiger partial charge in [-0.25, -0.2) is 4.79 Å². The molecule has 1 N–H and O–H groups in total.